The largest absolute Gasteiger partial charge is 0.395 e. The van der Waals surface area contributed by atoms with Gasteiger partial charge in [0.25, 0.3) is 0 Å². The molecule has 5 nitrogen and oxygen atoms in total. The number of carbonyl (C=O) groups is 1. The maximum Gasteiger partial charge on any atom is 0.318 e. The second kappa shape index (κ2) is 6.37. The molecule has 2 N–H and O–H groups in total. The number of aliphatic hydroxyl groups excluding tert-OH is 1. The molecule has 1 spiro atoms. The second-order valence-corrected chi connectivity index (χ2v) is 7.39. The number of hydrogen-bond donors (Lipinski definition) is 2. The van der Waals surface area contributed by atoms with Crippen molar-refractivity contribution >= 4 is 6.03 Å². The first-order chi connectivity index (χ1) is 11.7. The van der Waals surface area contributed by atoms with Gasteiger partial charge in [0.15, 0.2) is 0 Å². The summed E-state index contributed by atoms with van der Waals surface area (Å²) in [5, 5.41) is 12.6. The van der Waals surface area contributed by atoms with Gasteiger partial charge >= 0.3 is 6.03 Å². The fourth-order valence-corrected chi connectivity index (χ4v) is 4.86. The molecule has 1 aliphatic heterocycles. The Morgan fingerprint density at radius 2 is 2.12 bits per heavy atom. The third kappa shape index (κ3) is 2.50. The minimum atomic E-state index is -0.0606. The van der Waals surface area contributed by atoms with E-state index in [9.17, 15) is 9.90 Å². The summed E-state index contributed by atoms with van der Waals surface area (Å²) < 4.78 is 5.92. The van der Waals surface area contributed by atoms with Crippen LogP contribution in [0, 0.1) is 11.3 Å². The van der Waals surface area contributed by atoms with Crippen LogP contribution in [0.1, 0.15) is 31.2 Å². The number of nitrogens with zero attached hydrogens (tertiary/aromatic N) is 1. The van der Waals surface area contributed by atoms with E-state index in [4.69, 9.17) is 4.74 Å². The molecule has 2 aliphatic carbocycles. The summed E-state index contributed by atoms with van der Waals surface area (Å²) in [7, 11) is 0. The first kappa shape index (κ1) is 15.9. The van der Waals surface area contributed by atoms with Crippen LogP contribution in [0.3, 0.4) is 0 Å². The molecule has 3 aliphatic rings. The summed E-state index contributed by atoms with van der Waals surface area (Å²) >= 11 is 0. The van der Waals surface area contributed by atoms with Crippen LogP contribution in [-0.2, 0) is 11.3 Å². The maximum atomic E-state index is 12.8. The molecule has 1 aromatic carbocycles. The number of benzene rings is 1. The average Bonchev–Trinajstić information content (AvgIpc) is 2.97. The van der Waals surface area contributed by atoms with Crippen molar-refractivity contribution in [2.45, 2.75) is 44.4 Å². The summed E-state index contributed by atoms with van der Waals surface area (Å²) in [5.41, 5.74) is 1.27. The van der Waals surface area contributed by atoms with Gasteiger partial charge in [-0.25, -0.2) is 4.79 Å². The molecule has 5 heteroatoms. The molecule has 0 radical (unpaired) electrons. The van der Waals surface area contributed by atoms with Crippen molar-refractivity contribution in [3.05, 3.63) is 35.9 Å². The lowest BCUT2D eigenvalue weighted by Gasteiger charge is -2.63. The topological polar surface area (TPSA) is 61.8 Å². The highest BCUT2D eigenvalue weighted by molar-refractivity contribution is 5.75. The molecular weight excluding hydrogens is 304 g/mol. The number of amides is 2. The summed E-state index contributed by atoms with van der Waals surface area (Å²) in [4.78, 5) is 14.5. The van der Waals surface area contributed by atoms with Gasteiger partial charge in [0.2, 0.25) is 0 Å². The van der Waals surface area contributed by atoms with Crippen LogP contribution in [0.4, 0.5) is 4.79 Å². The Labute approximate surface area is 143 Å². The molecule has 1 aromatic rings. The number of nitrogens with one attached hydrogen (secondary N) is 1. The zero-order valence-electron chi connectivity index (χ0n) is 14.0. The van der Waals surface area contributed by atoms with Gasteiger partial charge in [-0.2, -0.15) is 0 Å². The molecule has 3 fully saturated rings. The normalized spacial score (nSPS) is 29.5. The monoisotopic (exact) mass is 330 g/mol. The van der Waals surface area contributed by atoms with Crippen molar-refractivity contribution in [1.29, 1.82) is 0 Å². The van der Waals surface area contributed by atoms with Gasteiger partial charge in [0, 0.05) is 37.1 Å². The quantitative estimate of drug-likeness (QED) is 0.869. The Kier molecular flexibility index (Phi) is 4.22. The van der Waals surface area contributed by atoms with Crippen molar-refractivity contribution < 1.29 is 14.6 Å². The van der Waals surface area contributed by atoms with E-state index in [2.05, 4.69) is 5.32 Å². The fraction of sp³-hybridized carbons (Fsp3) is 0.632. The fourth-order valence-electron chi connectivity index (χ4n) is 4.86. The first-order valence-corrected chi connectivity index (χ1v) is 9.06. The molecule has 3 unspecified atom stereocenters. The van der Waals surface area contributed by atoms with E-state index >= 15 is 0 Å². The summed E-state index contributed by atoms with van der Waals surface area (Å²) in [6.45, 7) is 1.68. The van der Waals surface area contributed by atoms with E-state index in [-0.39, 0.29) is 24.1 Å². The summed E-state index contributed by atoms with van der Waals surface area (Å²) in [6, 6.07) is 10.1. The van der Waals surface area contributed by atoms with E-state index in [1.807, 2.05) is 30.3 Å². The SMILES string of the molecule is O=C(NC1C2CCOC2C12CCC2)N(CCO)Cc1ccccc1. The highest BCUT2D eigenvalue weighted by Gasteiger charge is 2.67. The highest BCUT2D eigenvalue weighted by atomic mass is 16.5. The third-order valence-corrected chi connectivity index (χ3v) is 6.19. The van der Waals surface area contributed by atoms with Crippen LogP contribution in [0.25, 0.3) is 0 Å². The number of aliphatic hydroxyl groups is 1. The average molecular weight is 330 g/mol. The standard InChI is InChI=1S/C19H26N2O3/c22-11-10-21(13-14-5-2-1-3-6-14)18(23)20-16-15-7-12-24-17(15)19(16)8-4-9-19/h1-3,5-6,15-17,22H,4,7-13H2,(H,20,23). The van der Waals surface area contributed by atoms with Crippen molar-refractivity contribution in [3.8, 4) is 0 Å². The molecule has 4 rings (SSSR count). The van der Waals surface area contributed by atoms with Gasteiger partial charge in [-0.05, 0) is 24.8 Å². The maximum absolute atomic E-state index is 12.8. The van der Waals surface area contributed by atoms with E-state index in [1.54, 1.807) is 4.90 Å². The molecule has 24 heavy (non-hydrogen) atoms. The molecule has 2 saturated carbocycles. The minimum absolute atomic E-state index is 0.0226. The van der Waals surface area contributed by atoms with E-state index in [1.165, 1.54) is 6.42 Å². The molecular formula is C19H26N2O3. The van der Waals surface area contributed by atoms with Gasteiger partial charge in [-0.1, -0.05) is 36.8 Å². The molecule has 1 saturated heterocycles. The second-order valence-electron chi connectivity index (χ2n) is 7.39. The lowest BCUT2D eigenvalue weighted by molar-refractivity contribution is -0.172. The number of urea groups is 1. The van der Waals surface area contributed by atoms with E-state index < -0.39 is 0 Å². The zero-order chi connectivity index (χ0) is 16.6. The van der Waals surface area contributed by atoms with Crippen LogP contribution >= 0.6 is 0 Å². The predicted molar refractivity (Wildman–Crippen MR) is 90.4 cm³/mol. The third-order valence-electron chi connectivity index (χ3n) is 6.19. The number of ether oxygens (including phenoxy) is 1. The molecule has 0 aromatic heterocycles. The van der Waals surface area contributed by atoms with Gasteiger partial charge < -0.3 is 20.1 Å². The molecule has 1 heterocycles. The van der Waals surface area contributed by atoms with Crippen LogP contribution in [-0.4, -0.2) is 47.9 Å². The van der Waals surface area contributed by atoms with E-state index in [0.29, 0.717) is 25.1 Å². The Balaban J connectivity index is 1.43. The summed E-state index contributed by atoms with van der Waals surface area (Å²) in [6.07, 6.45) is 4.98. The van der Waals surface area contributed by atoms with E-state index in [0.717, 1.165) is 31.4 Å². The van der Waals surface area contributed by atoms with Gasteiger partial charge in [0.05, 0.1) is 12.7 Å². The predicted octanol–water partition coefficient (Wildman–Crippen LogP) is 2.15. The smallest absolute Gasteiger partial charge is 0.318 e. The van der Waals surface area contributed by atoms with Crippen LogP contribution < -0.4 is 5.32 Å². The Morgan fingerprint density at radius 1 is 1.33 bits per heavy atom. The summed E-state index contributed by atoms with van der Waals surface area (Å²) in [5.74, 6) is 0.474. The Hall–Kier alpha value is -1.59. The Morgan fingerprint density at radius 3 is 2.79 bits per heavy atom. The number of fused-ring (bicyclic) bond motifs is 2. The first-order valence-electron chi connectivity index (χ1n) is 9.06. The van der Waals surface area contributed by atoms with Crippen molar-refractivity contribution in [1.82, 2.24) is 10.2 Å². The van der Waals surface area contributed by atoms with Gasteiger partial charge in [-0.3, -0.25) is 0 Å². The van der Waals surface area contributed by atoms with Crippen LogP contribution in [0.15, 0.2) is 30.3 Å². The molecule has 130 valence electrons. The number of rotatable bonds is 5. The zero-order valence-corrected chi connectivity index (χ0v) is 14.0. The number of carbonyl (C=O) groups excluding carboxylic acids is 1. The van der Waals surface area contributed by atoms with Gasteiger partial charge in [0.1, 0.15) is 0 Å². The van der Waals surface area contributed by atoms with Crippen molar-refractivity contribution in [2.24, 2.45) is 11.3 Å². The van der Waals surface area contributed by atoms with Crippen LogP contribution in [0.5, 0.6) is 0 Å². The highest BCUT2D eigenvalue weighted by Crippen LogP contribution is 2.62. The van der Waals surface area contributed by atoms with Crippen LogP contribution in [0.2, 0.25) is 0 Å². The Bertz CT molecular complexity index is 588. The minimum Gasteiger partial charge on any atom is -0.395 e. The molecule has 3 atom stereocenters. The number of hydrogen-bond acceptors (Lipinski definition) is 3. The molecule has 2 amide bonds. The van der Waals surface area contributed by atoms with Crippen molar-refractivity contribution in [3.63, 3.8) is 0 Å². The molecule has 0 bridgehead atoms. The van der Waals surface area contributed by atoms with Crippen molar-refractivity contribution in [2.75, 3.05) is 19.8 Å². The van der Waals surface area contributed by atoms with Gasteiger partial charge in [-0.15, -0.1) is 0 Å². The lowest BCUT2D eigenvalue weighted by Crippen LogP contribution is -2.72. The lowest BCUT2D eigenvalue weighted by atomic mass is 9.46.